The average molecular weight is 909 g/mol. The first-order valence-corrected chi connectivity index (χ1v) is 26.0. The van der Waals surface area contributed by atoms with Crippen molar-refractivity contribution in [3.63, 3.8) is 0 Å². The van der Waals surface area contributed by atoms with Gasteiger partial charge in [0, 0.05) is 0 Å². The van der Waals surface area contributed by atoms with Crippen molar-refractivity contribution in [1.29, 1.82) is 0 Å². The van der Waals surface area contributed by atoms with Crippen molar-refractivity contribution in [3.05, 3.63) is 162 Å². The van der Waals surface area contributed by atoms with Crippen molar-refractivity contribution in [2.75, 3.05) is 0 Å². The van der Waals surface area contributed by atoms with Crippen LogP contribution >= 0.6 is 0 Å². The number of benzene rings is 9. The monoisotopic (exact) mass is 908 g/mol. The van der Waals surface area contributed by atoms with Gasteiger partial charge >= 0.3 is 337 Å². The number of hydrogen-bond acceptors (Lipinski definition) is 0. The van der Waals surface area contributed by atoms with Crippen LogP contribution in [-0.2, 0) is 19.3 Å². The molecule has 0 nitrogen and oxygen atoms in total. The molecule has 0 heterocycles. The van der Waals surface area contributed by atoms with Gasteiger partial charge in [0.25, 0.3) is 0 Å². The fraction of sp³-hybridized carbons (Fsp3) is 0.222. The predicted octanol–water partition coefficient (Wildman–Crippen LogP) is 13.1. The zero-order chi connectivity index (χ0) is 37.3. The normalized spacial score (nSPS) is 12.0. The molecule has 0 aliphatic rings. The summed E-state index contributed by atoms with van der Waals surface area (Å²) < 4.78 is 4.90. The van der Waals surface area contributed by atoms with Crippen LogP contribution in [0, 0.1) is 0 Å². The Hall–Kier alpha value is -4.58. The number of unbranched alkanes of at least 4 members (excludes halogenated alkanes) is 3. The van der Waals surface area contributed by atoms with E-state index in [0.717, 1.165) is 19.3 Å². The van der Waals surface area contributed by atoms with E-state index in [1.165, 1.54) is 120 Å². The summed E-state index contributed by atoms with van der Waals surface area (Å²) in [5.74, 6) is 0. The van der Waals surface area contributed by atoms with Gasteiger partial charge in [-0.3, -0.25) is 0 Å². The standard InChI is InChI=1S/3C18H17.Bi/c3*1-2-3-10-18-16-11-6-4-8-14(16)13-15-9-5-7-12-17(15)18;/h3*4-9,11-12H,2-3,10H2,1H3;. The van der Waals surface area contributed by atoms with E-state index >= 15 is 0 Å². The first kappa shape index (κ1) is 36.1. The summed E-state index contributed by atoms with van der Waals surface area (Å²) in [5, 5.41) is 17.5. The van der Waals surface area contributed by atoms with Gasteiger partial charge in [-0.1, -0.05) is 0 Å². The van der Waals surface area contributed by atoms with E-state index in [-0.39, 0.29) is 0 Å². The van der Waals surface area contributed by atoms with E-state index in [1.807, 2.05) is 0 Å². The second kappa shape index (κ2) is 15.9. The molecule has 55 heavy (non-hydrogen) atoms. The Morgan fingerprint density at radius 3 is 0.636 bits per heavy atom. The molecule has 0 spiro atoms. The van der Waals surface area contributed by atoms with Gasteiger partial charge in [0.05, 0.1) is 0 Å². The molecule has 0 aliphatic heterocycles. The maximum atomic E-state index is 2.48. The van der Waals surface area contributed by atoms with Gasteiger partial charge < -0.3 is 0 Å². The van der Waals surface area contributed by atoms with Crippen LogP contribution in [0.5, 0.6) is 0 Å². The Morgan fingerprint density at radius 1 is 0.273 bits per heavy atom. The number of fused-ring (bicyclic) bond motifs is 6. The topological polar surface area (TPSA) is 0 Å². The van der Waals surface area contributed by atoms with Gasteiger partial charge in [-0.2, -0.15) is 0 Å². The van der Waals surface area contributed by atoms with Crippen molar-refractivity contribution in [2.24, 2.45) is 0 Å². The Morgan fingerprint density at radius 2 is 0.455 bits per heavy atom. The van der Waals surface area contributed by atoms with Crippen LogP contribution in [0.4, 0.5) is 0 Å². The molecule has 0 amide bonds. The summed E-state index contributed by atoms with van der Waals surface area (Å²) in [7, 11) is 0. The van der Waals surface area contributed by atoms with Gasteiger partial charge in [-0.05, 0) is 0 Å². The molecule has 0 aromatic heterocycles. The summed E-state index contributed by atoms with van der Waals surface area (Å²) in [6.45, 7) is 6.98. The van der Waals surface area contributed by atoms with E-state index < -0.39 is 21.8 Å². The quantitative estimate of drug-likeness (QED) is 0.0846. The number of aryl methyl sites for hydroxylation is 3. The van der Waals surface area contributed by atoms with Gasteiger partial charge in [0.2, 0.25) is 0 Å². The zero-order valence-corrected chi connectivity index (χ0v) is 36.1. The molecule has 9 aromatic rings. The molecular weight excluding hydrogens is 858 g/mol. The fourth-order valence-electron chi connectivity index (χ4n) is 9.51. The minimum absolute atomic E-state index is 1.10. The Kier molecular flexibility index (Phi) is 10.4. The molecule has 0 saturated carbocycles. The van der Waals surface area contributed by atoms with Crippen LogP contribution in [0.3, 0.4) is 0 Å². The minimum atomic E-state index is -3.43. The molecule has 9 aromatic carbocycles. The third kappa shape index (κ3) is 6.24. The average Bonchev–Trinajstić information content (AvgIpc) is 3.24. The fourth-order valence-corrected chi connectivity index (χ4v) is 22.3. The molecule has 0 N–H and O–H groups in total. The molecule has 0 unspecified atom stereocenters. The number of rotatable bonds is 12. The van der Waals surface area contributed by atoms with E-state index in [2.05, 4.69) is 166 Å². The first-order valence-electron chi connectivity index (χ1n) is 20.8. The Labute approximate surface area is 334 Å². The van der Waals surface area contributed by atoms with Crippen molar-refractivity contribution >= 4 is 96.2 Å². The van der Waals surface area contributed by atoms with Crippen LogP contribution in [0.25, 0.3) is 64.6 Å². The van der Waals surface area contributed by atoms with Crippen LogP contribution < -0.4 is 9.81 Å². The molecular formula is C54H51Bi. The molecule has 0 saturated heterocycles. The molecule has 9 rings (SSSR count). The summed E-state index contributed by atoms with van der Waals surface area (Å²) in [5.41, 5.74) is 4.57. The van der Waals surface area contributed by atoms with E-state index in [4.69, 9.17) is 0 Å². The summed E-state index contributed by atoms with van der Waals surface area (Å²) >= 11 is -3.43. The van der Waals surface area contributed by atoms with Crippen LogP contribution in [0.15, 0.2) is 146 Å². The van der Waals surface area contributed by atoms with Crippen LogP contribution in [0.2, 0.25) is 0 Å². The van der Waals surface area contributed by atoms with Gasteiger partial charge in [-0.25, -0.2) is 0 Å². The second-order valence-corrected chi connectivity index (χ2v) is 23.2. The molecule has 0 fully saturated rings. The van der Waals surface area contributed by atoms with E-state index in [0.29, 0.717) is 0 Å². The molecule has 272 valence electrons. The molecule has 0 aliphatic carbocycles. The first-order chi connectivity index (χ1) is 27.2. The number of hydrogen-bond donors (Lipinski definition) is 0. The Balaban J connectivity index is 1.55. The SMILES string of the molecule is CCCCc1c2ccccc2[c]([Bi]([c]2c3ccccc3c(CCCC)c3ccccc23)[c]2c3ccccc3c(CCCC)c3ccccc23)c2ccccc12. The summed E-state index contributed by atoms with van der Waals surface area (Å²) in [6, 6.07) is 57.0. The van der Waals surface area contributed by atoms with Gasteiger partial charge in [-0.15, -0.1) is 0 Å². The van der Waals surface area contributed by atoms with Crippen molar-refractivity contribution in [3.8, 4) is 0 Å². The summed E-state index contributed by atoms with van der Waals surface area (Å²) in [4.78, 5) is 0. The van der Waals surface area contributed by atoms with Gasteiger partial charge in [0.15, 0.2) is 0 Å². The van der Waals surface area contributed by atoms with Crippen LogP contribution in [-0.4, -0.2) is 21.8 Å². The molecule has 0 bridgehead atoms. The molecule has 0 atom stereocenters. The molecule has 1 heteroatoms. The summed E-state index contributed by atoms with van der Waals surface area (Å²) in [6.07, 6.45) is 10.5. The second-order valence-electron chi connectivity index (χ2n) is 15.4. The van der Waals surface area contributed by atoms with E-state index in [1.54, 1.807) is 9.81 Å². The van der Waals surface area contributed by atoms with Crippen LogP contribution in [0.1, 0.15) is 76.0 Å². The van der Waals surface area contributed by atoms with Crippen molar-refractivity contribution in [2.45, 2.75) is 78.6 Å². The Bertz CT molecular complexity index is 2360. The van der Waals surface area contributed by atoms with Gasteiger partial charge in [0.1, 0.15) is 0 Å². The predicted molar refractivity (Wildman–Crippen MR) is 245 cm³/mol. The van der Waals surface area contributed by atoms with Crippen molar-refractivity contribution < 1.29 is 0 Å². The maximum absolute atomic E-state index is 3.43. The molecule has 0 radical (unpaired) electrons. The van der Waals surface area contributed by atoms with E-state index in [9.17, 15) is 0 Å². The third-order valence-electron chi connectivity index (χ3n) is 12.1. The van der Waals surface area contributed by atoms with Crippen molar-refractivity contribution in [1.82, 2.24) is 0 Å². The third-order valence-corrected chi connectivity index (χ3v) is 22.9. The zero-order valence-electron chi connectivity index (χ0n) is 32.7.